The molecule has 0 saturated heterocycles. The van der Waals surface area contributed by atoms with Gasteiger partial charge in [0.1, 0.15) is 11.5 Å². The fourth-order valence-electron chi connectivity index (χ4n) is 1.67. The fraction of sp³-hybridized carbons (Fsp3) is 0.308. The number of thiazole rings is 1. The van der Waals surface area contributed by atoms with Gasteiger partial charge in [-0.05, 0) is 17.7 Å². The van der Waals surface area contributed by atoms with Crippen LogP contribution in [0.15, 0.2) is 24.4 Å². The maximum atomic E-state index is 5.26. The molecule has 0 aliphatic rings. The summed E-state index contributed by atoms with van der Waals surface area (Å²) < 4.78 is 10.5. The lowest BCUT2D eigenvalue weighted by molar-refractivity contribution is 0.393. The summed E-state index contributed by atoms with van der Waals surface area (Å²) >= 11 is 1.65. The fourth-order valence-corrected chi connectivity index (χ4v) is 2.47. The first-order valence-electron chi connectivity index (χ1n) is 5.59. The molecule has 0 saturated carbocycles. The quantitative estimate of drug-likeness (QED) is 0.902. The van der Waals surface area contributed by atoms with E-state index in [4.69, 9.17) is 9.47 Å². The zero-order valence-electron chi connectivity index (χ0n) is 10.7. The van der Waals surface area contributed by atoms with Crippen LogP contribution in [0.2, 0.25) is 0 Å². The van der Waals surface area contributed by atoms with Gasteiger partial charge in [-0.2, -0.15) is 0 Å². The maximum absolute atomic E-state index is 5.26. The number of rotatable bonds is 5. The van der Waals surface area contributed by atoms with E-state index >= 15 is 0 Å². The molecule has 0 atom stereocenters. The number of hydrogen-bond donors (Lipinski definition) is 1. The molecule has 0 amide bonds. The predicted octanol–water partition coefficient (Wildman–Crippen LogP) is 2.79. The molecule has 1 N–H and O–H groups in total. The first kappa shape index (κ1) is 12.7. The Balaban J connectivity index is 2.22. The van der Waals surface area contributed by atoms with Crippen molar-refractivity contribution < 1.29 is 9.47 Å². The number of ether oxygens (including phenoxy) is 2. The number of aromatic nitrogens is 1. The topological polar surface area (TPSA) is 43.4 Å². The van der Waals surface area contributed by atoms with Crippen LogP contribution >= 0.6 is 11.3 Å². The zero-order chi connectivity index (χ0) is 13.0. The molecule has 0 fully saturated rings. The second-order valence-corrected chi connectivity index (χ2v) is 4.89. The molecule has 96 valence electrons. The predicted molar refractivity (Wildman–Crippen MR) is 74.0 cm³/mol. The Hall–Kier alpha value is -1.75. The van der Waals surface area contributed by atoms with Gasteiger partial charge in [0.2, 0.25) is 0 Å². The summed E-state index contributed by atoms with van der Waals surface area (Å²) in [4.78, 5) is 5.46. The number of nitrogens with zero attached hydrogens (tertiary/aromatic N) is 1. The molecule has 1 heterocycles. The lowest BCUT2D eigenvalue weighted by atomic mass is 10.1. The SMILES string of the molecule is CNc1ncc(Cc2cc(OC)cc(OC)c2)s1. The molecule has 1 aromatic carbocycles. The Morgan fingerprint density at radius 3 is 2.33 bits per heavy atom. The highest BCUT2D eigenvalue weighted by atomic mass is 32.1. The average Bonchev–Trinajstić information content (AvgIpc) is 2.85. The summed E-state index contributed by atoms with van der Waals surface area (Å²) in [5.41, 5.74) is 1.15. The molecular weight excluding hydrogens is 248 g/mol. The molecule has 4 nitrogen and oxygen atoms in total. The van der Waals surface area contributed by atoms with Gasteiger partial charge in [-0.1, -0.05) is 0 Å². The molecule has 0 spiro atoms. The summed E-state index contributed by atoms with van der Waals surface area (Å²) in [5.74, 6) is 1.62. The van der Waals surface area contributed by atoms with Crippen LogP contribution in [0.3, 0.4) is 0 Å². The normalized spacial score (nSPS) is 10.2. The lowest BCUT2D eigenvalue weighted by Gasteiger charge is -2.07. The van der Waals surface area contributed by atoms with E-state index in [1.165, 1.54) is 4.88 Å². The maximum Gasteiger partial charge on any atom is 0.182 e. The van der Waals surface area contributed by atoms with Gasteiger partial charge in [-0.15, -0.1) is 11.3 Å². The van der Waals surface area contributed by atoms with Crippen LogP contribution in [0.4, 0.5) is 5.13 Å². The van der Waals surface area contributed by atoms with E-state index in [0.717, 1.165) is 28.6 Å². The Bertz CT molecular complexity index is 503. The highest BCUT2D eigenvalue weighted by molar-refractivity contribution is 7.15. The molecule has 18 heavy (non-hydrogen) atoms. The molecule has 0 aliphatic heterocycles. The Labute approximate surface area is 111 Å². The van der Waals surface area contributed by atoms with Gasteiger partial charge in [0.25, 0.3) is 0 Å². The third-order valence-corrected chi connectivity index (χ3v) is 3.57. The van der Waals surface area contributed by atoms with E-state index in [2.05, 4.69) is 10.3 Å². The van der Waals surface area contributed by atoms with Gasteiger partial charge in [0, 0.05) is 30.6 Å². The first-order chi connectivity index (χ1) is 8.75. The van der Waals surface area contributed by atoms with Crippen molar-refractivity contribution in [2.24, 2.45) is 0 Å². The van der Waals surface area contributed by atoms with E-state index in [9.17, 15) is 0 Å². The Morgan fingerprint density at radius 1 is 1.17 bits per heavy atom. The summed E-state index contributed by atoms with van der Waals surface area (Å²) in [5, 5.41) is 3.97. The molecule has 1 aromatic heterocycles. The van der Waals surface area contributed by atoms with Crippen LogP contribution in [-0.2, 0) is 6.42 Å². The van der Waals surface area contributed by atoms with Crippen LogP contribution < -0.4 is 14.8 Å². The van der Waals surface area contributed by atoms with Crippen molar-refractivity contribution in [2.45, 2.75) is 6.42 Å². The van der Waals surface area contributed by atoms with Crippen LogP contribution in [0.5, 0.6) is 11.5 Å². The van der Waals surface area contributed by atoms with Gasteiger partial charge >= 0.3 is 0 Å². The standard InChI is InChI=1S/C13H16N2O2S/c1-14-13-15-8-12(18-13)6-9-4-10(16-2)7-11(5-9)17-3/h4-5,7-8H,6H2,1-3H3,(H,14,15). The van der Waals surface area contributed by atoms with E-state index in [-0.39, 0.29) is 0 Å². The number of methoxy groups -OCH3 is 2. The van der Waals surface area contributed by atoms with Gasteiger partial charge in [-0.25, -0.2) is 4.98 Å². The molecule has 2 rings (SSSR count). The van der Waals surface area contributed by atoms with Crippen molar-refractivity contribution in [1.82, 2.24) is 4.98 Å². The van der Waals surface area contributed by atoms with Crippen LogP contribution in [0.1, 0.15) is 10.4 Å². The number of hydrogen-bond acceptors (Lipinski definition) is 5. The molecular formula is C13H16N2O2S. The van der Waals surface area contributed by atoms with Crippen LogP contribution in [0, 0.1) is 0 Å². The third kappa shape index (κ3) is 2.92. The molecule has 0 radical (unpaired) electrons. The zero-order valence-corrected chi connectivity index (χ0v) is 11.5. The van der Waals surface area contributed by atoms with Crippen LogP contribution in [-0.4, -0.2) is 26.3 Å². The Kier molecular flexibility index (Phi) is 4.04. The molecule has 0 aliphatic carbocycles. The van der Waals surface area contributed by atoms with Crippen molar-refractivity contribution in [3.8, 4) is 11.5 Å². The second kappa shape index (κ2) is 5.73. The van der Waals surface area contributed by atoms with Crippen LogP contribution in [0.25, 0.3) is 0 Å². The lowest BCUT2D eigenvalue weighted by Crippen LogP contribution is -1.91. The molecule has 0 bridgehead atoms. The van der Waals surface area contributed by atoms with E-state index in [1.54, 1.807) is 25.6 Å². The van der Waals surface area contributed by atoms with Gasteiger partial charge in [0.05, 0.1) is 14.2 Å². The summed E-state index contributed by atoms with van der Waals surface area (Å²) in [6.45, 7) is 0. The minimum atomic E-state index is 0.808. The van der Waals surface area contributed by atoms with Gasteiger partial charge < -0.3 is 14.8 Å². The van der Waals surface area contributed by atoms with Crippen molar-refractivity contribution in [1.29, 1.82) is 0 Å². The summed E-state index contributed by atoms with van der Waals surface area (Å²) in [7, 11) is 5.19. The monoisotopic (exact) mass is 264 g/mol. The van der Waals surface area contributed by atoms with E-state index < -0.39 is 0 Å². The number of anilines is 1. The third-order valence-electron chi connectivity index (χ3n) is 2.56. The van der Waals surface area contributed by atoms with Crippen molar-refractivity contribution >= 4 is 16.5 Å². The number of nitrogens with one attached hydrogen (secondary N) is 1. The molecule has 2 aromatic rings. The summed E-state index contributed by atoms with van der Waals surface area (Å²) in [6.07, 6.45) is 2.72. The molecule has 5 heteroatoms. The van der Waals surface area contributed by atoms with Crippen molar-refractivity contribution in [3.63, 3.8) is 0 Å². The second-order valence-electron chi connectivity index (χ2n) is 3.78. The number of benzene rings is 1. The van der Waals surface area contributed by atoms with Crippen molar-refractivity contribution in [3.05, 3.63) is 34.8 Å². The van der Waals surface area contributed by atoms with E-state index in [0.29, 0.717) is 0 Å². The smallest absolute Gasteiger partial charge is 0.182 e. The minimum absolute atomic E-state index is 0.808. The van der Waals surface area contributed by atoms with E-state index in [1.807, 2.05) is 31.4 Å². The minimum Gasteiger partial charge on any atom is -0.497 e. The van der Waals surface area contributed by atoms with Gasteiger partial charge in [0.15, 0.2) is 5.13 Å². The average molecular weight is 264 g/mol. The Morgan fingerprint density at radius 2 is 1.83 bits per heavy atom. The molecule has 0 unspecified atom stereocenters. The first-order valence-corrected chi connectivity index (χ1v) is 6.41. The van der Waals surface area contributed by atoms with Crippen molar-refractivity contribution in [2.75, 3.05) is 26.6 Å². The highest BCUT2D eigenvalue weighted by Gasteiger charge is 2.05. The largest absolute Gasteiger partial charge is 0.497 e. The van der Waals surface area contributed by atoms with Gasteiger partial charge in [-0.3, -0.25) is 0 Å². The highest BCUT2D eigenvalue weighted by Crippen LogP contribution is 2.26. The summed E-state index contributed by atoms with van der Waals surface area (Å²) in [6, 6.07) is 5.90.